The van der Waals surface area contributed by atoms with Gasteiger partial charge in [-0.25, -0.2) is 0 Å². The lowest BCUT2D eigenvalue weighted by atomic mass is 9.94. The van der Waals surface area contributed by atoms with Crippen molar-refractivity contribution < 1.29 is 4.74 Å². The van der Waals surface area contributed by atoms with Crippen molar-refractivity contribution in [1.82, 2.24) is 0 Å². The summed E-state index contributed by atoms with van der Waals surface area (Å²) in [6.45, 7) is 5.32. The van der Waals surface area contributed by atoms with Crippen molar-refractivity contribution in [3.8, 4) is 5.75 Å². The van der Waals surface area contributed by atoms with Gasteiger partial charge in [-0.15, -0.1) is 0 Å². The van der Waals surface area contributed by atoms with E-state index in [-0.39, 0.29) is 0 Å². The van der Waals surface area contributed by atoms with E-state index in [2.05, 4.69) is 68.4 Å². The van der Waals surface area contributed by atoms with E-state index in [4.69, 9.17) is 4.74 Å². The zero-order valence-corrected chi connectivity index (χ0v) is 13.2. The van der Waals surface area contributed by atoms with Gasteiger partial charge in [-0.05, 0) is 42.0 Å². The number of ether oxygens (including phenoxy) is 1. The molecule has 0 saturated carbocycles. The van der Waals surface area contributed by atoms with Crippen LogP contribution in [-0.4, -0.2) is 6.61 Å². The maximum absolute atomic E-state index is 5.75. The van der Waals surface area contributed by atoms with Crippen LogP contribution < -0.4 is 4.74 Å². The van der Waals surface area contributed by atoms with Gasteiger partial charge >= 0.3 is 0 Å². The topological polar surface area (TPSA) is 9.23 Å². The first-order valence-electron chi connectivity index (χ1n) is 8.06. The molecule has 0 bridgehead atoms. The maximum atomic E-state index is 5.75. The van der Waals surface area contributed by atoms with Crippen LogP contribution in [-0.2, 0) is 6.42 Å². The first-order chi connectivity index (χ1) is 10.3. The summed E-state index contributed by atoms with van der Waals surface area (Å²) in [7, 11) is 0. The van der Waals surface area contributed by atoms with Crippen molar-refractivity contribution in [2.24, 2.45) is 0 Å². The lowest BCUT2D eigenvalue weighted by Crippen LogP contribution is -1.99. The minimum atomic E-state index is 0.544. The van der Waals surface area contributed by atoms with Crippen LogP contribution in [0.1, 0.15) is 50.2 Å². The van der Waals surface area contributed by atoms with Gasteiger partial charge in [0.15, 0.2) is 0 Å². The first kappa shape index (κ1) is 15.6. The highest BCUT2D eigenvalue weighted by molar-refractivity contribution is 5.29. The van der Waals surface area contributed by atoms with E-state index < -0.39 is 0 Å². The summed E-state index contributed by atoms with van der Waals surface area (Å²) in [5.41, 5.74) is 2.77. The molecule has 0 aliphatic carbocycles. The Morgan fingerprint density at radius 1 is 0.905 bits per heavy atom. The molecule has 0 heterocycles. The molecule has 0 radical (unpaired) electrons. The molecule has 0 aliphatic rings. The molecule has 1 atom stereocenters. The van der Waals surface area contributed by atoms with Gasteiger partial charge in [0.1, 0.15) is 5.75 Å². The standard InChI is InChI=1S/C20H26O/c1-3-4-8-15-21-20-13-11-18(12-14-20)16-17(2)19-9-6-5-7-10-19/h5-7,9-14,17H,3-4,8,15-16H2,1-2H3. The summed E-state index contributed by atoms with van der Waals surface area (Å²) >= 11 is 0. The molecule has 1 nitrogen and oxygen atoms in total. The van der Waals surface area contributed by atoms with Crippen LogP contribution in [0.15, 0.2) is 54.6 Å². The average molecular weight is 282 g/mol. The Bertz CT molecular complexity index is 501. The molecule has 0 N–H and O–H groups in total. The van der Waals surface area contributed by atoms with Gasteiger partial charge in [0, 0.05) is 0 Å². The molecule has 0 aromatic heterocycles. The molecular weight excluding hydrogens is 256 g/mol. The Morgan fingerprint density at radius 2 is 1.62 bits per heavy atom. The molecule has 2 aromatic rings. The first-order valence-corrected chi connectivity index (χ1v) is 8.06. The third kappa shape index (κ3) is 5.26. The highest BCUT2D eigenvalue weighted by Crippen LogP contribution is 2.21. The van der Waals surface area contributed by atoms with Crippen molar-refractivity contribution in [2.45, 2.75) is 45.4 Å². The van der Waals surface area contributed by atoms with E-state index in [1.165, 1.54) is 24.0 Å². The molecule has 2 rings (SSSR count). The summed E-state index contributed by atoms with van der Waals surface area (Å²) in [4.78, 5) is 0. The van der Waals surface area contributed by atoms with Crippen molar-refractivity contribution in [3.63, 3.8) is 0 Å². The minimum Gasteiger partial charge on any atom is -0.494 e. The van der Waals surface area contributed by atoms with Crippen LogP contribution in [0.2, 0.25) is 0 Å². The minimum absolute atomic E-state index is 0.544. The molecule has 0 aliphatic heterocycles. The number of rotatable bonds is 8. The SMILES string of the molecule is CCCCCOc1ccc(CC(C)c2ccccc2)cc1. The normalized spacial score (nSPS) is 12.1. The maximum Gasteiger partial charge on any atom is 0.119 e. The molecule has 1 heteroatoms. The van der Waals surface area contributed by atoms with Gasteiger partial charge in [-0.3, -0.25) is 0 Å². The van der Waals surface area contributed by atoms with E-state index in [1.54, 1.807) is 0 Å². The summed E-state index contributed by atoms with van der Waals surface area (Å²) in [6, 6.07) is 19.3. The summed E-state index contributed by atoms with van der Waals surface area (Å²) < 4.78 is 5.75. The Hall–Kier alpha value is -1.76. The lowest BCUT2D eigenvalue weighted by molar-refractivity contribution is 0.306. The zero-order chi connectivity index (χ0) is 14.9. The largest absolute Gasteiger partial charge is 0.494 e. The second kappa shape index (κ2) is 8.51. The predicted molar refractivity (Wildman–Crippen MR) is 90.0 cm³/mol. The smallest absolute Gasteiger partial charge is 0.119 e. The zero-order valence-electron chi connectivity index (χ0n) is 13.2. The highest BCUT2D eigenvalue weighted by atomic mass is 16.5. The number of hydrogen-bond donors (Lipinski definition) is 0. The Labute approximate surface area is 129 Å². The monoisotopic (exact) mass is 282 g/mol. The molecule has 2 aromatic carbocycles. The van der Waals surface area contributed by atoms with E-state index >= 15 is 0 Å². The summed E-state index contributed by atoms with van der Waals surface area (Å²) in [6.07, 6.45) is 4.69. The summed E-state index contributed by atoms with van der Waals surface area (Å²) in [5.74, 6) is 1.53. The Balaban J connectivity index is 1.84. The van der Waals surface area contributed by atoms with Crippen LogP contribution in [0.5, 0.6) is 5.75 Å². The van der Waals surface area contributed by atoms with Gasteiger partial charge in [-0.1, -0.05) is 69.2 Å². The molecule has 21 heavy (non-hydrogen) atoms. The molecule has 0 fully saturated rings. The lowest BCUT2D eigenvalue weighted by Gasteiger charge is -2.12. The fourth-order valence-electron chi connectivity index (χ4n) is 2.52. The van der Waals surface area contributed by atoms with Gasteiger partial charge in [0.25, 0.3) is 0 Å². The van der Waals surface area contributed by atoms with Gasteiger partial charge in [-0.2, -0.15) is 0 Å². The van der Waals surface area contributed by atoms with Crippen molar-refractivity contribution >= 4 is 0 Å². The number of benzene rings is 2. The van der Waals surface area contributed by atoms with Crippen LogP contribution in [0.25, 0.3) is 0 Å². The number of hydrogen-bond acceptors (Lipinski definition) is 1. The molecule has 1 unspecified atom stereocenters. The van der Waals surface area contributed by atoms with Gasteiger partial charge in [0.2, 0.25) is 0 Å². The molecule has 0 saturated heterocycles. The third-order valence-electron chi connectivity index (χ3n) is 3.85. The van der Waals surface area contributed by atoms with E-state index in [1.807, 2.05) is 0 Å². The van der Waals surface area contributed by atoms with E-state index in [0.717, 1.165) is 25.2 Å². The average Bonchev–Trinajstić information content (AvgIpc) is 2.54. The molecule has 0 spiro atoms. The third-order valence-corrected chi connectivity index (χ3v) is 3.85. The second-order valence-electron chi connectivity index (χ2n) is 5.72. The quantitative estimate of drug-likeness (QED) is 0.572. The Morgan fingerprint density at radius 3 is 2.29 bits per heavy atom. The van der Waals surface area contributed by atoms with Crippen molar-refractivity contribution in [1.29, 1.82) is 0 Å². The fraction of sp³-hybridized carbons (Fsp3) is 0.400. The highest BCUT2D eigenvalue weighted by Gasteiger charge is 2.06. The molecule has 0 amide bonds. The van der Waals surface area contributed by atoms with Crippen molar-refractivity contribution in [2.75, 3.05) is 6.61 Å². The summed E-state index contributed by atoms with van der Waals surface area (Å²) in [5, 5.41) is 0. The van der Waals surface area contributed by atoms with Crippen LogP contribution in [0, 0.1) is 0 Å². The predicted octanol–water partition coefficient (Wildman–Crippen LogP) is 5.60. The van der Waals surface area contributed by atoms with Crippen molar-refractivity contribution in [3.05, 3.63) is 65.7 Å². The molecular formula is C20H26O. The van der Waals surface area contributed by atoms with Crippen LogP contribution in [0.4, 0.5) is 0 Å². The van der Waals surface area contributed by atoms with E-state index in [9.17, 15) is 0 Å². The fourth-order valence-corrected chi connectivity index (χ4v) is 2.52. The van der Waals surface area contributed by atoms with Crippen LogP contribution >= 0.6 is 0 Å². The van der Waals surface area contributed by atoms with Gasteiger partial charge in [0.05, 0.1) is 6.61 Å². The number of unbranched alkanes of at least 4 members (excludes halogenated alkanes) is 2. The van der Waals surface area contributed by atoms with Crippen LogP contribution in [0.3, 0.4) is 0 Å². The Kier molecular flexibility index (Phi) is 6.33. The second-order valence-corrected chi connectivity index (χ2v) is 5.72. The molecule has 112 valence electrons. The van der Waals surface area contributed by atoms with E-state index in [0.29, 0.717) is 5.92 Å². The van der Waals surface area contributed by atoms with Gasteiger partial charge < -0.3 is 4.74 Å².